The van der Waals surface area contributed by atoms with Gasteiger partial charge < -0.3 is 10.1 Å². The Morgan fingerprint density at radius 3 is 2.63 bits per heavy atom. The summed E-state index contributed by atoms with van der Waals surface area (Å²) in [7, 11) is 1.83. The minimum absolute atomic E-state index is 0.0817. The molecule has 19 heavy (non-hydrogen) atoms. The number of halogens is 1. The van der Waals surface area contributed by atoms with Gasteiger partial charge in [-0.15, -0.1) is 0 Å². The molecule has 0 aliphatic heterocycles. The molecule has 0 bridgehead atoms. The number of hydrogen-bond donors (Lipinski definition) is 1. The predicted molar refractivity (Wildman–Crippen MR) is 70.4 cm³/mol. The van der Waals surface area contributed by atoms with Gasteiger partial charge in [0.1, 0.15) is 28.9 Å². The lowest BCUT2D eigenvalue weighted by Gasteiger charge is -2.12. The minimum atomic E-state index is -0.578. The van der Waals surface area contributed by atoms with Gasteiger partial charge >= 0.3 is 0 Å². The lowest BCUT2D eigenvalue weighted by Crippen LogP contribution is -2.06. The highest BCUT2D eigenvalue weighted by molar-refractivity contribution is 5.47. The van der Waals surface area contributed by atoms with Crippen LogP contribution < -0.4 is 10.1 Å². The fraction of sp³-hybridized carbons (Fsp3) is 0.133. The number of hydrogen-bond acceptors (Lipinski definition) is 3. The molecule has 0 heterocycles. The first-order chi connectivity index (χ1) is 9.26. The maximum absolute atomic E-state index is 13.5. The quantitative estimate of drug-likeness (QED) is 0.913. The van der Waals surface area contributed by atoms with Crippen LogP contribution in [0.4, 0.5) is 4.39 Å². The Labute approximate surface area is 111 Å². The molecular formula is C15H13FN2O. The molecule has 0 saturated carbocycles. The first kappa shape index (κ1) is 13.1. The smallest absolute Gasteiger partial charge is 0.148 e. The first-order valence-corrected chi connectivity index (χ1v) is 5.85. The standard InChI is InChI=1S/C15H13FN2O/c1-18-10-11-5-2-3-7-14(11)19-15-8-4-6-13(16)12(15)9-17/h2-8,18H,10H2,1H3. The maximum Gasteiger partial charge on any atom is 0.148 e. The molecule has 4 heteroatoms. The highest BCUT2D eigenvalue weighted by Crippen LogP contribution is 2.28. The molecule has 0 saturated heterocycles. The van der Waals surface area contributed by atoms with Crippen LogP contribution in [0.3, 0.4) is 0 Å². The van der Waals surface area contributed by atoms with Crippen molar-refractivity contribution in [2.24, 2.45) is 0 Å². The van der Waals surface area contributed by atoms with Crippen molar-refractivity contribution in [3.8, 4) is 17.6 Å². The van der Waals surface area contributed by atoms with E-state index in [1.165, 1.54) is 12.1 Å². The summed E-state index contributed by atoms with van der Waals surface area (Å²) in [6.07, 6.45) is 0. The summed E-state index contributed by atoms with van der Waals surface area (Å²) < 4.78 is 19.1. The number of nitriles is 1. The van der Waals surface area contributed by atoms with Crippen molar-refractivity contribution in [3.63, 3.8) is 0 Å². The van der Waals surface area contributed by atoms with Gasteiger partial charge in [-0.3, -0.25) is 0 Å². The van der Waals surface area contributed by atoms with Crippen LogP contribution in [0.25, 0.3) is 0 Å². The van der Waals surface area contributed by atoms with E-state index >= 15 is 0 Å². The van der Waals surface area contributed by atoms with Crippen molar-refractivity contribution in [2.45, 2.75) is 6.54 Å². The Kier molecular flexibility index (Phi) is 4.11. The fourth-order valence-corrected chi connectivity index (χ4v) is 1.76. The van der Waals surface area contributed by atoms with Crippen molar-refractivity contribution in [1.82, 2.24) is 5.32 Å². The van der Waals surface area contributed by atoms with Crippen molar-refractivity contribution >= 4 is 0 Å². The molecule has 0 atom stereocenters. The molecule has 0 spiro atoms. The molecule has 0 aliphatic rings. The zero-order chi connectivity index (χ0) is 13.7. The lowest BCUT2D eigenvalue weighted by atomic mass is 10.2. The molecule has 2 rings (SSSR count). The molecule has 0 amide bonds. The number of nitrogens with zero attached hydrogens (tertiary/aromatic N) is 1. The highest BCUT2D eigenvalue weighted by atomic mass is 19.1. The normalized spacial score (nSPS) is 9.95. The Morgan fingerprint density at radius 1 is 1.16 bits per heavy atom. The van der Waals surface area contributed by atoms with Gasteiger partial charge in [0.25, 0.3) is 0 Å². The monoisotopic (exact) mass is 256 g/mol. The first-order valence-electron chi connectivity index (χ1n) is 5.85. The van der Waals surface area contributed by atoms with Gasteiger partial charge in [-0.05, 0) is 25.2 Å². The van der Waals surface area contributed by atoms with Crippen LogP contribution in [-0.4, -0.2) is 7.05 Å². The van der Waals surface area contributed by atoms with E-state index in [9.17, 15) is 4.39 Å². The second-order valence-electron chi connectivity index (χ2n) is 3.96. The van der Waals surface area contributed by atoms with Crippen LogP contribution in [0.5, 0.6) is 11.5 Å². The molecule has 0 radical (unpaired) electrons. The van der Waals surface area contributed by atoms with Crippen LogP contribution in [0.1, 0.15) is 11.1 Å². The van der Waals surface area contributed by atoms with Crippen molar-refractivity contribution < 1.29 is 9.13 Å². The summed E-state index contributed by atoms with van der Waals surface area (Å²) in [5.74, 6) is 0.260. The van der Waals surface area contributed by atoms with Gasteiger partial charge in [0.15, 0.2) is 0 Å². The molecular weight excluding hydrogens is 243 g/mol. The van der Waals surface area contributed by atoms with Crippen LogP contribution in [0.2, 0.25) is 0 Å². The molecule has 2 aromatic carbocycles. The molecule has 3 nitrogen and oxygen atoms in total. The third-order valence-corrected chi connectivity index (χ3v) is 2.65. The van der Waals surface area contributed by atoms with E-state index in [1.807, 2.05) is 31.3 Å². The average Bonchev–Trinajstić information content (AvgIpc) is 2.41. The third-order valence-electron chi connectivity index (χ3n) is 2.65. The number of ether oxygens (including phenoxy) is 1. The Hall–Kier alpha value is -2.38. The Bertz CT molecular complexity index is 620. The van der Waals surface area contributed by atoms with Crippen LogP contribution in [-0.2, 0) is 6.54 Å². The topological polar surface area (TPSA) is 45.0 Å². The fourth-order valence-electron chi connectivity index (χ4n) is 1.76. The zero-order valence-corrected chi connectivity index (χ0v) is 10.5. The SMILES string of the molecule is CNCc1ccccc1Oc1cccc(F)c1C#N. The summed E-state index contributed by atoms with van der Waals surface area (Å²) in [6, 6.07) is 13.6. The second-order valence-corrected chi connectivity index (χ2v) is 3.96. The van der Waals surface area contributed by atoms with Crippen molar-refractivity contribution in [2.75, 3.05) is 7.05 Å². The van der Waals surface area contributed by atoms with E-state index in [0.717, 1.165) is 5.56 Å². The molecule has 2 aromatic rings. The number of benzene rings is 2. The van der Waals surface area contributed by atoms with E-state index in [2.05, 4.69) is 5.32 Å². The summed E-state index contributed by atoms with van der Waals surface area (Å²) >= 11 is 0. The van der Waals surface area contributed by atoms with Crippen LogP contribution in [0, 0.1) is 17.1 Å². The maximum atomic E-state index is 13.5. The minimum Gasteiger partial charge on any atom is -0.456 e. The summed E-state index contributed by atoms with van der Waals surface area (Å²) in [4.78, 5) is 0. The number of rotatable bonds is 4. The van der Waals surface area contributed by atoms with Gasteiger partial charge in [0.2, 0.25) is 0 Å². The molecule has 96 valence electrons. The second kappa shape index (κ2) is 5.98. The largest absolute Gasteiger partial charge is 0.456 e. The Balaban J connectivity index is 2.37. The predicted octanol–water partition coefficient (Wildman–Crippen LogP) is 3.21. The van der Waals surface area contributed by atoms with Gasteiger partial charge in [0, 0.05) is 12.1 Å². The molecule has 0 fully saturated rings. The van der Waals surface area contributed by atoms with Crippen molar-refractivity contribution in [3.05, 3.63) is 59.4 Å². The zero-order valence-electron chi connectivity index (χ0n) is 10.5. The molecule has 0 unspecified atom stereocenters. The number of nitrogens with one attached hydrogen (secondary N) is 1. The van der Waals surface area contributed by atoms with E-state index in [4.69, 9.17) is 10.00 Å². The van der Waals surface area contributed by atoms with Crippen LogP contribution >= 0.6 is 0 Å². The van der Waals surface area contributed by atoms with Crippen LogP contribution in [0.15, 0.2) is 42.5 Å². The van der Waals surface area contributed by atoms with E-state index < -0.39 is 5.82 Å². The van der Waals surface area contributed by atoms with Crippen molar-refractivity contribution in [1.29, 1.82) is 5.26 Å². The van der Waals surface area contributed by atoms with E-state index in [-0.39, 0.29) is 11.3 Å². The lowest BCUT2D eigenvalue weighted by molar-refractivity contribution is 0.467. The van der Waals surface area contributed by atoms with Gasteiger partial charge in [-0.25, -0.2) is 4.39 Å². The molecule has 0 aromatic heterocycles. The third kappa shape index (κ3) is 2.90. The molecule has 0 aliphatic carbocycles. The van der Waals surface area contributed by atoms with Gasteiger partial charge in [0.05, 0.1) is 0 Å². The molecule has 1 N–H and O–H groups in total. The highest BCUT2D eigenvalue weighted by Gasteiger charge is 2.11. The van der Waals surface area contributed by atoms with E-state index in [1.54, 1.807) is 12.1 Å². The van der Waals surface area contributed by atoms with Gasteiger partial charge in [-0.2, -0.15) is 5.26 Å². The summed E-state index contributed by atoms with van der Waals surface area (Å²) in [5, 5.41) is 12.0. The average molecular weight is 256 g/mol. The summed E-state index contributed by atoms with van der Waals surface area (Å²) in [6.45, 7) is 0.632. The summed E-state index contributed by atoms with van der Waals surface area (Å²) in [5.41, 5.74) is 0.861. The Morgan fingerprint density at radius 2 is 1.89 bits per heavy atom. The van der Waals surface area contributed by atoms with E-state index in [0.29, 0.717) is 12.3 Å². The van der Waals surface area contributed by atoms with Gasteiger partial charge in [-0.1, -0.05) is 24.3 Å². The number of para-hydroxylation sites is 1.